The molecule has 3 rings (SSSR count). The number of carbonyl (C=O) groups is 1. The second-order valence-electron chi connectivity index (χ2n) is 6.02. The highest BCUT2D eigenvalue weighted by molar-refractivity contribution is 8.13. The molecular weight excluding hydrogens is 341 g/mol. The number of aromatic hydroxyl groups is 1. The number of nitrogens with zero attached hydrogens (tertiary/aromatic N) is 1. The molecule has 4 N–H and O–H groups in total. The molecule has 0 bridgehead atoms. The fourth-order valence-corrected chi connectivity index (χ4v) is 3.69. The number of nitrogens with two attached hydrogens (primary N) is 1. The van der Waals surface area contributed by atoms with Crippen LogP contribution in [0.5, 0.6) is 5.75 Å². The maximum Gasteiger partial charge on any atom is 0.255 e. The molecule has 5 nitrogen and oxygen atoms in total. The van der Waals surface area contributed by atoms with E-state index in [4.69, 9.17) is 5.73 Å². The number of amides is 1. The third-order valence-electron chi connectivity index (χ3n) is 4.13. The first kappa shape index (κ1) is 17.3. The van der Waals surface area contributed by atoms with Crippen LogP contribution >= 0.6 is 11.8 Å². The van der Waals surface area contributed by atoms with Crippen molar-refractivity contribution in [2.24, 2.45) is 10.7 Å². The Morgan fingerprint density at radius 3 is 2.72 bits per heavy atom. The SMILES string of the molecule is CC1(c2cc(NC(=O)c3ccc(O)cc3)ccc2F)CCSC(N)=N1. The number of phenolic OH excluding ortho intramolecular Hbond substituents is 1. The minimum atomic E-state index is -0.751. The third-order valence-corrected chi connectivity index (χ3v) is 4.93. The van der Waals surface area contributed by atoms with E-state index in [1.54, 1.807) is 6.07 Å². The van der Waals surface area contributed by atoms with Gasteiger partial charge in [-0.25, -0.2) is 4.39 Å². The number of thioether (sulfide) groups is 1. The molecule has 0 saturated carbocycles. The van der Waals surface area contributed by atoms with Crippen LogP contribution in [-0.2, 0) is 5.54 Å². The van der Waals surface area contributed by atoms with Crippen LogP contribution in [-0.4, -0.2) is 21.9 Å². The first-order valence-electron chi connectivity index (χ1n) is 7.76. The number of rotatable bonds is 3. The van der Waals surface area contributed by atoms with E-state index in [0.29, 0.717) is 28.4 Å². The van der Waals surface area contributed by atoms with Gasteiger partial charge in [-0.2, -0.15) is 0 Å². The molecule has 0 saturated heterocycles. The third kappa shape index (κ3) is 3.76. The van der Waals surface area contributed by atoms with Crippen LogP contribution in [0.4, 0.5) is 10.1 Å². The number of nitrogens with one attached hydrogen (secondary N) is 1. The van der Waals surface area contributed by atoms with Crippen molar-refractivity contribution in [3.05, 3.63) is 59.4 Å². The molecule has 1 amide bonds. The summed E-state index contributed by atoms with van der Waals surface area (Å²) in [6.45, 7) is 1.84. The predicted octanol–water partition coefficient (Wildman–Crippen LogP) is 3.45. The lowest BCUT2D eigenvalue weighted by atomic mass is 9.89. The minimum absolute atomic E-state index is 0.0826. The summed E-state index contributed by atoms with van der Waals surface area (Å²) in [6, 6.07) is 10.3. The molecular formula is C18H18FN3O2S. The second kappa shape index (κ2) is 6.76. The monoisotopic (exact) mass is 359 g/mol. The molecule has 0 fully saturated rings. The highest BCUT2D eigenvalue weighted by Crippen LogP contribution is 2.37. The van der Waals surface area contributed by atoms with E-state index in [1.165, 1.54) is 48.2 Å². The second-order valence-corrected chi connectivity index (χ2v) is 7.13. The molecule has 2 aromatic rings. The molecule has 2 aromatic carbocycles. The van der Waals surface area contributed by atoms with E-state index < -0.39 is 5.54 Å². The number of aliphatic imine (C=N–C) groups is 1. The number of hydrogen-bond acceptors (Lipinski definition) is 5. The van der Waals surface area contributed by atoms with Gasteiger partial charge < -0.3 is 16.2 Å². The maximum absolute atomic E-state index is 14.4. The van der Waals surface area contributed by atoms with Crippen molar-refractivity contribution in [1.82, 2.24) is 0 Å². The fourth-order valence-electron chi connectivity index (χ4n) is 2.71. The van der Waals surface area contributed by atoms with Crippen molar-refractivity contribution in [2.75, 3.05) is 11.1 Å². The van der Waals surface area contributed by atoms with Gasteiger partial charge in [0.05, 0.1) is 5.54 Å². The zero-order valence-corrected chi connectivity index (χ0v) is 14.4. The fraction of sp³-hybridized carbons (Fsp3) is 0.222. The van der Waals surface area contributed by atoms with E-state index in [1.807, 2.05) is 6.92 Å². The van der Waals surface area contributed by atoms with E-state index in [-0.39, 0.29) is 17.5 Å². The van der Waals surface area contributed by atoms with Crippen LogP contribution in [0.1, 0.15) is 29.3 Å². The van der Waals surface area contributed by atoms with Crippen molar-refractivity contribution in [2.45, 2.75) is 18.9 Å². The van der Waals surface area contributed by atoms with E-state index in [9.17, 15) is 14.3 Å². The van der Waals surface area contributed by atoms with Crippen LogP contribution in [0.2, 0.25) is 0 Å². The van der Waals surface area contributed by atoms with E-state index in [2.05, 4.69) is 10.3 Å². The molecule has 130 valence electrons. The summed E-state index contributed by atoms with van der Waals surface area (Å²) in [5.41, 5.74) is 6.33. The van der Waals surface area contributed by atoms with Gasteiger partial charge in [0.1, 0.15) is 11.6 Å². The van der Waals surface area contributed by atoms with Gasteiger partial charge in [0.2, 0.25) is 0 Å². The lowest BCUT2D eigenvalue weighted by molar-refractivity contribution is 0.102. The lowest BCUT2D eigenvalue weighted by Crippen LogP contribution is -2.29. The van der Waals surface area contributed by atoms with Gasteiger partial charge in [0, 0.05) is 22.6 Å². The average molecular weight is 359 g/mol. The summed E-state index contributed by atoms with van der Waals surface area (Å²) in [4.78, 5) is 16.7. The molecule has 1 aliphatic heterocycles. The predicted molar refractivity (Wildman–Crippen MR) is 98.5 cm³/mol. The number of hydrogen-bond donors (Lipinski definition) is 3. The van der Waals surface area contributed by atoms with Crippen molar-refractivity contribution in [3.63, 3.8) is 0 Å². The Balaban J connectivity index is 1.88. The number of benzene rings is 2. The molecule has 1 aliphatic rings. The summed E-state index contributed by atoms with van der Waals surface area (Å²) < 4.78 is 14.4. The summed E-state index contributed by atoms with van der Waals surface area (Å²) in [6.07, 6.45) is 0.657. The van der Waals surface area contributed by atoms with Crippen molar-refractivity contribution >= 4 is 28.5 Å². The van der Waals surface area contributed by atoms with Crippen molar-refractivity contribution in [1.29, 1.82) is 0 Å². The molecule has 0 spiro atoms. The van der Waals surface area contributed by atoms with Crippen LogP contribution in [0.15, 0.2) is 47.5 Å². The molecule has 1 atom stereocenters. The first-order valence-corrected chi connectivity index (χ1v) is 8.74. The number of halogens is 1. The van der Waals surface area contributed by atoms with Gasteiger partial charge in [-0.1, -0.05) is 11.8 Å². The Bertz CT molecular complexity index is 839. The molecule has 0 radical (unpaired) electrons. The zero-order chi connectivity index (χ0) is 18.0. The van der Waals surface area contributed by atoms with E-state index in [0.717, 1.165) is 5.75 Å². The number of phenols is 1. The molecule has 1 heterocycles. The van der Waals surface area contributed by atoms with Gasteiger partial charge in [-0.15, -0.1) is 0 Å². The van der Waals surface area contributed by atoms with Crippen LogP contribution in [0.25, 0.3) is 0 Å². The summed E-state index contributed by atoms with van der Waals surface area (Å²) in [5, 5.41) is 12.5. The van der Waals surface area contributed by atoms with Crippen LogP contribution < -0.4 is 11.1 Å². The number of anilines is 1. The standard InChI is InChI=1S/C18H18FN3O2S/c1-18(8-9-25-17(20)22-18)14-10-12(4-7-15(14)19)21-16(24)11-2-5-13(23)6-3-11/h2-7,10,23H,8-9H2,1H3,(H2,20,22)(H,21,24). The van der Waals surface area contributed by atoms with Crippen LogP contribution in [0, 0.1) is 5.82 Å². The topological polar surface area (TPSA) is 87.7 Å². The lowest BCUT2D eigenvalue weighted by Gasteiger charge is -2.30. The molecule has 25 heavy (non-hydrogen) atoms. The summed E-state index contributed by atoms with van der Waals surface area (Å²) in [5.74, 6) is 0.118. The molecule has 0 aliphatic carbocycles. The maximum atomic E-state index is 14.4. The zero-order valence-electron chi connectivity index (χ0n) is 13.6. The van der Waals surface area contributed by atoms with Gasteiger partial charge in [0.25, 0.3) is 5.91 Å². The summed E-state index contributed by atoms with van der Waals surface area (Å²) in [7, 11) is 0. The van der Waals surface area contributed by atoms with Crippen molar-refractivity contribution in [3.8, 4) is 5.75 Å². The molecule has 7 heteroatoms. The van der Waals surface area contributed by atoms with Gasteiger partial charge >= 0.3 is 0 Å². The Morgan fingerprint density at radius 2 is 2.04 bits per heavy atom. The van der Waals surface area contributed by atoms with Gasteiger partial charge in [-0.3, -0.25) is 9.79 Å². The highest BCUT2D eigenvalue weighted by Gasteiger charge is 2.32. The Kier molecular flexibility index (Phi) is 4.67. The normalized spacial score (nSPS) is 20.0. The number of amidine groups is 1. The highest BCUT2D eigenvalue weighted by atomic mass is 32.2. The van der Waals surface area contributed by atoms with E-state index >= 15 is 0 Å². The van der Waals surface area contributed by atoms with Gasteiger partial charge in [0.15, 0.2) is 5.17 Å². The summed E-state index contributed by atoms with van der Waals surface area (Å²) >= 11 is 1.45. The Labute approximate surface area is 149 Å². The molecule has 1 unspecified atom stereocenters. The van der Waals surface area contributed by atoms with Crippen LogP contribution in [0.3, 0.4) is 0 Å². The minimum Gasteiger partial charge on any atom is -0.508 e. The average Bonchev–Trinajstić information content (AvgIpc) is 2.57. The molecule has 0 aromatic heterocycles. The smallest absolute Gasteiger partial charge is 0.255 e. The first-order chi connectivity index (χ1) is 11.9. The Hall–Kier alpha value is -2.54. The number of carbonyl (C=O) groups excluding carboxylic acids is 1. The quantitative estimate of drug-likeness (QED) is 0.783. The van der Waals surface area contributed by atoms with Crippen molar-refractivity contribution < 1.29 is 14.3 Å². The Morgan fingerprint density at radius 1 is 1.32 bits per heavy atom. The van der Waals surface area contributed by atoms with Gasteiger partial charge in [-0.05, 0) is 55.8 Å². The largest absolute Gasteiger partial charge is 0.508 e.